The number of nitrogens with zero attached hydrogens (tertiary/aromatic N) is 1. The van der Waals surface area contributed by atoms with Crippen LogP contribution in [0.4, 0.5) is 5.69 Å². The summed E-state index contributed by atoms with van der Waals surface area (Å²) in [6, 6.07) is 13.7. The molecule has 0 saturated heterocycles. The fraction of sp³-hybridized carbons (Fsp3) is 0.364. The van der Waals surface area contributed by atoms with Crippen molar-refractivity contribution in [3.63, 3.8) is 0 Å². The molecule has 2 aliphatic rings. The number of anilines is 1. The Bertz CT molecular complexity index is 1080. The lowest BCUT2D eigenvalue weighted by Crippen LogP contribution is -2.38. The van der Waals surface area contributed by atoms with Crippen LogP contribution in [0.5, 0.6) is 0 Å². The third kappa shape index (κ3) is 4.23. The van der Waals surface area contributed by atoms with Crippen LogP contribution in [0.1, 0.15) is 44.1 Å². The van der Waals surface area contributed by atoms with Crippen LogP contribution in [0.25, 0.3) is 0 Å². The van der Waals surface area contributed by atoms with E-state index in [4.69, 9.17) is 11.6 Å². The molecule has 1 aliphatic heterocycles. The molecule has 158 valence electrons. The second-order valence-electron chi connectivity index (χ2n) is 7.82. The molecule has 0 atom stereocenters. The van der Waals surface area contributed by atoms with Gasteiger partial charge in [-0.3, -0.25) is 14.5 Å². The number of aliphatic imine (C=N–C) groups is 1. The van der Waals surface area contributed by atoms with Crippen molar-refractivity contribution in [2.45, 2.75) is 48.8 Å². The van der Waals surface area contributed by atoms with Crippen LogP contribution in [-0.4, -0.2) is 26.7 Å². The van der Waals surface area contributed by atoms with E-state index in [0.29, 0.717) is 29.5 Å². The van der Waals surface area contributed by atoms with Gasteiger partial charge in [-0.05, 0) is 55.2 Å². The third-order valence-electron chi connectivity index (χ3n) is 5.82. The van der Waals surface area contributed by atoms with Crippen molar-refractivity contribution in [2.75, 3.05) is 11.9 Å². The van der Waals surface area contributed by atoms with Gasteiger partial charge in [0.2, 0.25) is 5.91 Å². The topological polar surface area (TPSA) is 87.6 Å². The molecule has 1 fully saturated rings. The largest absolute Gasteiger partial charge is 0.325 e. The molecule has 0 bridgehead atoms. The van der Waals surface area contributed by atoms with Gasteiger partial charge in [0, 0.05) is 23.7 Å². The highest BCUT2D eigenvalue weighted by Crippen LogP contribution is 2.42. The average Bonchev–Trinajstić information content (AvgIpc) is 3.41. The summed E-state index contributed by atoms with van der Waals surface area (Å²) in [5.74, 6) is 0.363. The van der Waals surface area contributed by atoms with E-state index < -0.39 is 15.4 Å². The van der Waals surface area contributed by atoms with Crippen molar-refractivity contribution in [3.05, 3.63) is 59.1 Å². The smallest absolute Gasteiger partial charge is 0.262 e. The van der Waals surface area contributed by atoms with Gasteiger partial charge in [0.05, 0.1) is 10.3 Å². The number of rotatable bonds is 5. The standard InChI is InChI=1S/C22H24ClN3O3S/c23-17-10-8-16(9-11-17)22(12-1-2-13-22)21(27)25-18-5-3-6-19(15-18)30(28,29)26-20-7-4-14-24-20/h3,5-6,8-11,15H,1-2,4,7,12-14H2,(H,24,26)(H,25,27). The van der Waals surface area contributed by atoms with E-state index in [1.54, 1.807) is 24.3 Å². The molecule has 0 aromatic heterocycles. The minimum Gasteiger partial charge on any atom is -0.325 e. The van der Waals surface area contributed by atoms with Gasteiger partial charge in [0.1, 0.15) is 5.84 Å². The fourth-order valence-corrected chi connectivity index (χ4v) is 5.48. The Morgan fingerprint density at radius 1 is 1.03 bits per heavy atom. The molecule has 2 N–H and O–H groups in total. The van der Waals surface area contributed by atoms with Crippen molar-refractivity contribution < 1.29 is 13.2 Å². The first-order chi connectivity index (χ1) is 14.4. The maximum absolute atomic E-state index is 13.3. The number of hydrogen-bond acceptors (Lipinski definition) is 4. The van der Waals surface area contributed by atoms with E-state index in [9.17, 15) is 13.2 Å². The van der Waals surface area contributed by atoms with Gasteiger partial charge in [-0.15, -0.1) is 0 Å². The Balaban J connectivity index is 1.57. The number of amidine groups is 1. The molecule has 1 aliphatic carbocycles. The number of sulfonamides is 1. The van der Waals surface area contributed by atoms with Crippen molar-refractivity contribution in [1.29, 1.82) is 0 Å². The van der Waals surface area contributed by atoms with Crippen LogP contribution < -0.4 is 10.0 Å². The minimum atomic E-state index is -3.74. The predicted molar refractivity (Wildman–Crippen MR) is 119 cm³/mol. The highest BCUT2D eigenvalue weighted by molar-refractivity contribution is 7.90. The summed E-state index contributed by atoms with van der Waals surface area (Å²) >= 11 is 6.02. The molecule has 1 heterocycles. The summed E-state index contributed by atoms with van der Waals surface area (Å²) < 4.78 is 27.9. The zero-order valence-electron chi connectivity index (χ0n) is 16.5. The number of halogens is 1. The summed E-state index contributed by atoms with van der Waals surface area (Å²) in [6.07, 6.45) is 4.91. The summed E-state index contributed by atoms with van der Waals surface area (Å²) in [6.45, 7) is 0.640. The molecular weight excluding hydrogens is 422 g/mol. The first-order valence-corrected chi connectivity index (χ1v) is 12.0. The molecule has 30 heavy (non-hydrogen) atoms. The number of hydrogen-bond donors (Lipinski definition) is 2. The lowest BCUT2D eigenvalue weighted by Gasteiger charge is -2.28. The van der Waals surface area contributed by atoms with E-state index in [1.165, 1.54) is 12.1 Å². The highest BCUT2D eigenvalue weighted by atomic mass is 35.5. The normalized spacial score (nSPS) is 18.1. The van der Waals surface area contributed by atoms with Gasteiger partial charge in [-0.25, -0.2) is 8.42 Å². The molecule has 0 unspecified atom stereocenters. The Morgan fingerprint density at radius 2 is 1.77 bits per heavy atom. The molecule has 2 aromatic rings. The van der Waals surface area contributed by atoms with Gasteiger partial charge in [-0.1, -0.05) is 42.6 Å². The second-order valence-corrected chi connectivity index (χ2v) is 9.93. The average molecular weight is 446 g/mol. The number of carbonyl (C=O) groups is 1. The molecule has 2 aromatic carbocycles. The van der Waals surface area contributed by atoms with Gasteiger partial charge < -0.3 is 5.32 Å². The van der Waals surface area contributed by atoms with Crippen LogP contribution in [0.3, 0.4) is 0 Å². The van der Waals surface area contributed by atoms with Crippen molar-refractivity contribution in [1.82, 2.24) is 4.72 Å². The van der Waals surface area contributed by atoms with E-state index in [-0.39, 0.29) is 10.8 Å². The molecule has 0 radical (unpaired) electrons. The summed E-state index contributed by atoms with van der Waals surface area (Å²) in [5.41, 5.74) is 0.763. The molecule has 6 nitrogen and oxygen atoms in total. The Kier molecular flexibility index (Phi) is 5.84. The lowest BCUT2D eigenvalue weighted by atomic mass is 9.78. The van der Waals surface area contributed by atoms with Gasteiger partial charge in [0.15, 0.2) is 0 Å². The Labute approximate surface area is 181 Å². The molecular formula is C22H24ClN3O3S. The molecule has 8 heteroatoms. The van der Waals surface area contributed by atoms with Crippen LogP contribution in [-0.2, 0) is 20.2 Å². The maximum atomic E-state index is 13.3. The number of nitrogens with one attached hydrogen (secondary N) is 2. The Morgan fingerprint density at radius 3 is 2.43 bits per heavy atom. The fourth-order valence-electron chi connectivity index (χ4n) is 4.22. The van der Waals surface area contributed by atoms with Crippen LogP contribution in [0.15, 0.2) is 58.4 Å². The predicted octanol–water partition coefficient (Wildman–Crippen LogP) is 4.26. The monoisotopic (exact) mass is 445 g/mol. The quantitative estimate of drug-likeness (QED) is 0.720. The van der Waals surface area contributed by atoms with E-state index in [2.05, 4.69) is 15.0 Å². The van der Waals surface area contributed by atoms with Crippen LogP contribution in [0.2, 0.25) is 5.02 Å². The van der Waals surface area contributed by atoms with E-state index >= 15 is 0 Å². The molecule has 1 saturated carbocycles. The van der Waals surface area contributed by atoms with Gasteiger partial charge >= 0.3 is 0 Å². The number of benzene rings is 2. The van der Waals surface area contributed by atoms with Crippen LogP contribution in [0, 0.1) is 0 Å². The van der Waals surface area contributed by atoms with Crippen molar-refractivity contribution in [2.24, 2.45) is 4.99 Å². The minimum absolute atomic E-state index is 0.0989. The van der Waals surface area contributed by atoms with Gasteiger partial charge in [-0.2, -0.15) is 0 Å². The Hall–Kier alpha value is -2.38. The summed E-state index contributed by atoms with van der Waals surface area (Å²) in [7, 11) is -3.74. The van der Waals surface area contributed by atoms with Crippen molar-refractivity contribution in [3.8, 4) is 0 Å². The lowest BCUT2D eigenvalue weighted by molar-refractivity contribution is -0.121. The summed E-state index contributed by atoms with van der Waals surface area (Å²) in [4.78, 5) is 17.6. The highest BCUT2D eigenvalue weighted by Gasteiger charge is 2.42. The SMILES string of the molecule is O=C(Nc1cccc(S(=O)(=O)NC2=NCCC2)c1)C1(c2ccc(Cl)cc2)CCCC1. The number of carbonyl (C=O) groups excluding carboxylic acids is 1. The zero-order chi connectivity index (χ0) is 21.2. The maximum Gasteiger partial charge on any atom is 0.262 e. The molecule has 0 spiro atoms. The molecule has 1 amide bonds. The molecule has 4 rings (SSSR count). The number of amides is 1. The van der Waals surface area contributed by atoms with E-state index in [1.807, 2.05) is 12.1 Å². The summed E-state index contributed by atoms with van der Waals surface area (Å²) in [5, 5.41) is 3.58. The third-order valence-corrected chi connectivity index (χ3v) is 7.45. The first kappa shape index (κ1) is 20.9. The zero-order valence-corrected chi connectivity index (χ0v) is 18.1. The van der Waals surface area contributed by atoms with Crippen LogP contribution >= 0.6 is 11.6 Å². The van der Waals surface area contributed by atoms with Gasteiger partial charge in [0.25, 0.3) is 10.0 Å². The first-order valence-electron chi connectivity index (χ1n) is 10.1. The van der Waals surface area contributed by atoms with Crippen molar-refractivity contribution >= 4 is 39.1 Å². The second kappa shape index (κ2) is 8.40. The van der Waals surface area contributed by atoms with E-state index in [0.717, 1.165) is 37.7 Å².